The number of rotatable bonds is 4. The largest absolute Gasteiger partial charge is 0.490 e. The molecule has 0 aliphatic carbocycles. The third-order valence-corrected chi connectivity index (χ3v) is 3.24. The molecule has 6 heteroatoms. The summed E-state index contributed by atoms with van der Waals surface area (Å²) in [6, 6.07) is 8.12. The van der Waals surface area contributed by atoms with Crippen molar-refractivity contribution < 1.29 is 4.74 Å². The molecule has 0 radical (unpaired) electrons. The molecule has 5 nitrogen and oxygen atoms in total. The van der Waals surface area contributed by atoms with Gasteiger partial charge < -0.3 is 15.4 Å². The van der Waals surface area contributed by atoms with E-state index in [1.807, 2.05) is 24.1 Å². The van der Waals surface area contributed by atoms with Gasteiger partial charge in [-0.25, -0.2) is 9.97 Å². The zero-order valence-electron chi connectivity index (χ0n) is 10.8. The summed E-state index contributed by atoms with van der Waals surface area (Å²) in [7, 11) is 3.50. The summed E-state index contributed by atoms with van der Waals surface area (Å²) in [6.45, 7) is 0.708. The molecule has 100 valence electrons. The third-order valence-electron chi connectivity index (χ3n) is 2.71. The minimum absolute atomic E-state index is 0.343. The maximum Gasteiger partial charge on any atom is 0.204 e. The van der Waals surface area contributed by atoms with E-state index in [4.69, 9.17) is 10.5 Å². The zero-order valence-corrected chi connectivity index (χ0v) is 12.4. The van der Waals surface area contributed by atoms with Gasteiger partial charge >= 0.3 is 0 Å². The molecule has 0 fully saturated rings. The average molecular weight is 323 g/mol. The number of aromatic nitrogens is 2. The summed E-state index contributed by atoms with van der Waals surface area (Å²) < 4.78 is 6.31. The van der Waals surface area contributed by atoms with Gasteiger partial charge in [-0.15, -0.1) is 0 Å². The topological polar surface area (TPSA) is 64.3 Å². The lowest BCUT2D eigenvalue weighted by molar-refractivity contribution is 0.413. The van der Waals surface area contributed by atoms with Gasteiger partial charge in [0.25, 0.3) is 0 Å². The van der Waals surface area contributed by atoms with Crippen LogP contribution < -0.4 is 15.4 Å². The molecule has 2 rings (SSSR count). The van der Waals surface area contributed by atoms with Gasteiger partial charge in [0.2, 0.25) is 5.75 Å². The minimum Gasteiger partial charge on any atom is -0.490 e. The number of nitrogen functional groups attached to an aromatic ring is 1. The number of benzene rings is 1. The first-order chi connectivity index (χ1) is 9.11. The van der Waals surface area contributed by atoms with Crippen molar-refractivity contribution in [1.82, 2.24) is 9.97 Å². The fourth-order valence-electron chi connectivity index (χ4n) is 1.78. The molecule has 0 amide bonds. The van der Waals surface area contributed by atoms with E-state index >= 15 is 0 Å². The highest BCUT2D eigenvalue weighted by molar-refractivity contribution is 9.10. The summed E-state index contributed by atoms with van der Waals surface area (Å²) in [4.78, 5) is 10.1. The molecular weight excluding hydrogens is 308 g/mol. The highest BCUT2D eigenvalue weighted by Crippen LogP contribution is 2.29. The van der Waals surface area contributed by atoms with E-state index in [1.165, 1.54) is 11.9 Å². The second-order valence-electron chi connectivity index (χ2n) is 4.10. The maximum atomic E-state index is 5.77. The van der Waals surface area contributed by atoms with Gasteiger partial charge in [0.1, 0.15) is 6.33 Å². The Balaban J connectivity index is 2.22. The Labute approximate surface area is 120 Å². The van der Waals surface area contributed by atoms with E-state index in [2.05, 4.69) is 38.0 Å². The first kappa shape index (κ1) is 13.6. The van der Waals surface area contributed by atoms with Gasteiger partial charge in [0.05, 0.1) is 7.11 Å². The van der Waals surface area contributed by atoms with Gasteiger partial charge in [0.15, 0.2) is 11.6 Å². The number of ether oxygens (including phenoxy) is 1. The van der Waals surface area contributed by atoms with E-state index in [-0.39, 0.29) is 0 Å². The van der Waals surface area contributed by atoms with Crippen molar-refractivity contribution in [1.29, 1.82) is 0 Å². The normalized spacial score (nSPS) is 10.3. The summed E-state index contributed by atoms with van der Waals surface area (Å²) in [6.07, 6.45) is 1.44. The van der Waals surface area contributed by atoms with Crippen molar-refractivity contribution in [3.8, 4) is 5.75 Å². The highest BCUT2D eigenvalue weighted by atomic mass is 79.9. The molecular formula is C13H15BrN4O. The number of anilines is 2. The lowest BCUT2D eigenvalue weighted by Crippen LogP contribution is -2.19. The Morgan fingerprint density at radius 2 is 1.95 bits per heavy atom. The van der Waals surface area contributed by atoms with Crippen LogP contribution in [0.15, 0.2) is 35.1 Å². The van der Waals surface area contributed by atoms with Crippen molar-refractivity contribution >= 4 is 27.6 Å². The molecule has 19 heavy (non-hydrogen) atoms. The van der Waals surface area contributed by atoms with Gasteiger partial charge in [-0.2, -0.15) is 0 Å². The predicted octanol–water partition coefficient (Wildman–Crippen LogP) is 2.47. The summed E-state index contributed by atoms with van der Waals surface area (Å²) >= 11 is 3.42. The molecule has 0 bridgehead atoms. The molecule has 1 aromatic carbocycles. The predicted molar refractivity (Wildman–Crippen MR) is 79.2 cm³/mol. The Kier molecular flexibility index (Phi) is 4.21. The van der Waals surface area contributed by atoms with Crippen molar-refractivity contribution in [2.24, 2.45) is 0 Å². The summed E-state index contributed by atoms with van der Waals surface area (Å²) in [5.41, 5.74) is 6.95. The Bertz CT molecular complexity index is 559. The van der Waals surface area contributed by atoms with Gasteiger partial charge in [0, 0.05) is 18.1 Å². The molecule has 0 atom stereocenters. The fraction of sp³-hybridized carbons (Fsp3) is 0.231. The summed E-state index contributed by atoms with van der Waals surface area (Å²) in [5, 5.41) is 0. The fourth-order valence-corrected chi connectivity index (χ4v) is 2.05. The van der Waals surface area contributed by atoms with Crippen LogP contribution in [0.4, 0.5) is 11.6 Å². The first-order valence-corrected chi connectivity index (χ1v) is 6.51. The summed E-state index contributed by atoms with van der Waals surface area (Å²) in [5.74, 6) is 1.52. The monoisotopic (exact) mass is 322 g/mol. The molecule has 0 aliphatic heterocycles. The van der Waals surface area contributed by atoms with Gasteiger partial charge in [-0.3, -0.25) is 0 Å². The van der Waals surface area contributed by atoms with Crippen molar-refractivity contribution in [2.75, 3.05) is 24.8 Å². The first-order valence-electron chi connectivity index (χ1n) is 5.72. The number of halogens is 1. The van der Waals surface area contributed by atoms with Crippen LogP contribution in [0.25, 0.3) is 0 Å². The minimum atomic E-state index is 0.343. The Hall–Kier alpha value is -1.82. The molecule has 1 aromatic heterocycles. The second kappa shape index (κ2) is 5.88. The Morgan fingerprint density at radius 1 is 1.26 bits per heavy atom. The van der Waals surface area contributed by atoms with Crippen molar-refractivity contribution in [3.63, 3.8) is 0 Å². The molecule has 0 spiro atoms. The lowest BCUT2D eigenvalue weighted by atomic mass is 10.2. The number of methoxy groups -OCH3 is 1. The number of nitrogens with zero attached hydrogens (tertiary/aromatic N) is 3. The van der Waals surface area contributed by atoms with E-state index in [9.17, 15) is 0 Å². The molecule has 2 N–H and O–H groups in total. The number of hydrogen-bond donors (Lipinski definition) is 1. The van der Waals surface area contributed by atoms with E-state index < -0.39 is 0 Å². The number of nitrogens with two attached hydrogens (primary N) is 1. The van der Waals surface area contributed by atoms with E-state index in [0.29, 0.717) is 23.9 Å². The van der Waals surface area contributed by atoms with Crippen LogP contribution >= 0.6 is 15.9 Å². The maximum absolute atomic E-state index is 5.77. The number of hydrogen-bond acceptors (Lipinski definition) is 5. The quantitative estimate of drug-likeness (QED) is 0.936. The van der Waals surface area contributed by atoms with Gasteiger partial charge in [-0.1, -0.05) is 28.1 Å². The van der Waals surface area contributed by atoms with Crippen LogP contribution in [0, 0.1) is 0 Å². The van der Waals surface area contributed by atoms with Crippen LogP contribution in [0.2, 0.25) is 0 Å². The van der Waals surface area contributed by atoms with Crippen molar-refractivity contribution in [2.45, 2.75) is 6.54 Å². The molecule has 1 heterocycles. The van der Waals surface area contributed by atoms with Crippen LogP contribution in [-0.4, -0.2) is 24.1 Å². The third kappa shape index (κ3) is 3.14. The molecule has 0 saturated heterocycles. The highest BCUT2D eigenvalue weighted by Gasteiger charge is 2.13. The second-order valence-corrected chi connectivity index (χ2v) is 5.01. The Morgan fingerprint density at radius 3 is 2.58 bits per heavy atom. The van der Waals surface area contributed by atoms with Crippen LogP contribution in [0.3, 0.4) is 0 Å². The standard InChI is InChI=1S/C13H15BrN4O/c1-18(7-9-3-5-10(14)6-4-9)13-11(19-2)12(15)16-8-17-13/h3-6,8H,7H2,1-2H3,(H2,15,16,17). The average Bonchev–Trinajstić information content (AvgIpc) is 2.41. The lowest BCUT2D eigenvalue weighted by Gasteiger charge is -2.20. The smallest absolute Gasteiger partial charge is 0.204 e. The van der Waals surface area contributed by atoms with Crippen LogP contribution in [-0.2, 0) is 6.54 Å². The van der Waals surface area contributed by atoms with E-state index in [1.54, 1.807) is 7.11 Å². The van der Waals surface area contributed by atoms with Crippen LogP contribution in [0.5, 0.6) is 5.75 Å². The van der Waals surface area contributed by atoms with Crippen LogP contribution in [0.1, 0.15) is 5.56 Å². The zero-order chi connectivity index (χ0) is 13.8. The molecule has 2 aromatic rings. The van der Waals surface area contributed by atoms with Gasteiger partial charge in [-0.05, 0) is 17.7 Å². The molecule has 0 unspecified atom stereocenters. The molecule has 0 saturated carbocycles. The SMILES string of the molecule is COc1c(N)ncnc1N(C)Cc1ccc(Br)cc1. The molecule has 0 aliphatic rings. The van der Waals surface area contributed by atoms with E-state index in [0.717, 1.165) is 4.47 Å². The van der Waals surface area contributed by atoms with Crippen molar-refractivity contribution in [3.05, 3.63) is 40.6 Å².